The zero-order valence-corrected chi connectivity index (χ0v) is 25.8. The van der Waals surface area contributed by atoms with Gasteiger partial charge in [0, 0.05) is 19.5 Å². The summed E-state index contributed by atoms with van der Waals surface area (Å²) in [6, 6.07) is 10.9. The Balaban J connectivity index is 1.98. The molecular formula is C32H50N2O5S. The van der Waals surface area contributed by atoms with Crippen LogP contribution in [0.15, 0.2) is 41.3 Å². The number of phenols is 1. The minimum absolute atomic E-state index is 0.103. The molecule has 0 atom stereocenters. The maximum atomic E-state index is 13.3. The van der Waals surface area contributed by atoms with Gasteiger partial charge >= 0.3 is 0 Å². The van der Waals surface area contributed by atoms with Crippen LogP contribution in [0, 0.1) is 0 Å². The van der Waals surface area contributed by atoms with Gasteiger partial charge in [-0.25, -0.2) is 8.42 Å². The Labute approximate surface area is 242 Å². The molecule has 0 saturated carbocycles. The van der Waals surface area contributed by atoms with Crippen LogP contribution in [0.3, 0.4) is 0 Å². The van der Waals surface area contributed by atoms with E-state index in [2.05, 4.69) is 12.2 Å². The average Bonchev–Trinajstić information content (AvgIpc) is 2.94. The van der Waals surface area contributed by atoms with Gasteiger partial charge in [0.05, 0.1) is 12.3 Å². The van der Waals surface area contributed by atoms with Gasteiger partial charge in [0.2, 0.25) is 15.9 Å². The molecule has 0 fully saturated rings. The molecule has 0 spiro atoms. The standard InChI is InChI=1S/C32H50N2O5S/c1-5-9-10-11-12-13-14-15-16-17-22-39-28-20-18-26(19-21-28)23-27-24-29(33-31(35)6-2)32(36)30(25-27)40(37,38)34(7-3)8-4/h18-21,24-25,36H,5-17,22-23H2,1-4H3,(H,33,35). The third kappa shape index (κ3) is 10.8. The van der Waals surface area contributed by atoms with E-state index in [1.165, 1.54) is 68.2 Å². The number of carbonyl (C=O) groups is 1. The summed E-state index contributed by atoms with van der Waals surface area (Å²) in [5.74, 6) is 0.0711. The predicted molar refractivity (Wildman–Crippen MR) is 164 cm³/mol. The Morgan fingerprint density at radius 1 is 0.825 bits per heavy atom. The van der Waals surface area contributed by atoms with Crippen molar-refractivity contribution in [3.8, 4) is 11.5 Å². The van der Waals surface area contributed by atoms with Crippen molar-refractivity contribution in [2.75, 3.05) is 25.0 Å². The van der Waals surface area contributed by atoms with E-state index < -0.39 is 15.8 Å². The van der Waals surface area contributed by atoms with E-state index in [0.717, 1.165) is 17.7 Å². The SMILES string of the molecule is CCCCCCCCCCCCOc1ccc(Cc2cc(NC(=O)CC)c(O)c(S(=O)(=O)N(CC)CC)c2)cc1. The number of anilines is 1. The number of phenolic OH excluding ortho intramolecular Hbond substituents is 1. The van der Waals surface area contributed by atoms with Crippen LogP contribution < -0.4 is 10.1 Å². The summed E-state index contributed by atoms with van der Waals surface area (Å²) in [6.45, 7) is 8.70. The maximum Gasteiger partial charge on any atom is 0.246 e. The van der Waals surface area contributed by atoms with Crippen molar-refractivity contribution >= 4 is 21.6 Å². The number of sulfonamides is 1. The van der Waals surface area contributed by atoms with Crippen molar-refractivity contribution in [2.24, 2.45) is 0 Å². The van der Waals surface area contributed by atoms with Crippen molar-refractivity contribution in [3.05, 3.63) is 47.5 Å². The molecule has 0 heterocycles. The first-order valence-corrected chi connectivity index (χ1v) is 16.6. The average molecular weight is 575 g/mol. The minimum Gasteiger partial charge on any atom is -0.504 e. The van der Waals surface area contributed by atoms with E-state index in [9.17, 15) is 18.3 Å². The molecule has 224 valence electrons. The van der Waals surface area contributed by atoms with E-state index in [1.54, 1.807) is 26.8 Å². The molecule has 2 rings (SSSR count). The highest BCUT2D eigenvalue weighted by atomic mass is 32.2. The number of rotatable bonds is 20. The molecule has 2 aromatic carbocycles. The lowest BCUT2D eigenvalue weighted by Crippen LogP contribution is -2.31. The first-order valence-electron chi connectivity index (χ1n) is 15.1. The molecule has 1 amide bonds. The van der Waals surface area contributed by atoms with Gasteiger partial charge in [-0.2, -0.15) is 4.31 Å². The molecule has 0 unspecified atom stereocenters. The molecule has 7 nitrogen and oxygen atoms in total. The van der Waals surface area contributed by atoms with E-state index in [1.807, 2.05) is 24.3 Å². The Kier molecular flexibility index (Phi) is 15.1. The summed E-state index contributed by atoms with van der Waals surface area (Å²) in [7, 11) is -3.93. The first-order chi connectivity index (χ1) is 19.3. The molecule has 2 N–H and O–H groups in total. The molecule has 40 heavy (non-hydrogen) atoms. The molecule has 8 heteroatoms. The fourth-order valence-electron chi connectivity index (χ4n) is 4.72. The molecular weight excluding hydrogens is 524 g/mol. The second-order valence-corrected chi connectivity index (χ2v) is 12.2. The first kappa shape index (κ1) is 33.6. The number of unbranched alkanes of at least 4 members (excludes halogenated alkanes) is 9. The van der Waals surface area contributed by atoms with Crippen LogP contribution in [-0.2, 0) is 21.2 Å². The number of hydrogen-bond acceptors (Lipinski definition) is 5. The van der Waals surface area contributed by atoms with Crippen LogP contribution in [0.2, 0.25) is 0 Å². The van der Waals surface area contributed by atoms with Gasteiger partial charge in [-0.05, 0) is 48.2 Å². The highest BCUT2D eigenvalue weighted by Gasteiger charge is 2.27. The van der Waals surface area contributed by atoms with Crippen molar-refractivity contribution < 1.29 is 23.1 Å². The van der Waals surface area contributed by atoms with Crippen molar-refractivity contribution in [2.45, 2.75) is 110 Å². The van der Waals surface area contributed by atoms with Crippen LogP contribution in [0.5, 0.6) is 11.5 Å². The molecule has 2 aromatic rings. The highest BCUT2D eigenvalue weighted by molar-refractivity contribution is 7.89. The van der Waals surface area contributed by atoms with Crippen molar-refractivity contribution in [1.82, 2.24) is 4.31 Å². The molecule has 0 bridgehead atoms. The third-order valence-corrected chi connectivity index (χ3v) is 9.21. The molecule has 0 aliphatic heterocycles. The van der Waals surface area contributed by atoms with E-state index in [0.29, 0.717) is 18.6 Å². The van der Waals surface area contributed by atoms with Gasteiger partial charge in [-0.1, -0.05) is 97.6 Å². The number of aromatic hydroxyl groups is 1. The molecule has 0 aromatic heterocycles. The van der Waals surface area contributed by atoms with Gasteiger partial charge in [0.25, 0.3) is 0 Å². The summed E-state index contributed by atoms with van der Waals surface area (Å²) in [4.78, 5) is 11.9. The molecule has 0 aliphatic carbocycles. The Bertz CT molecular complexity index is 1130. The van der Waals surface area contributed by atoms with E-state index in [4.69, 9.17) is 4.74 Å². The number of amides is 1. The number of carbonyl (C=O) groups excluding carboxylic acids is 1. The Morgan fingerprint density at radius 3 is 1.95 bits per heavy atom. The van der Waals surface area contributed by atoms with Gasteiger partial charge < -0.3 is 15.2 Å². The number of hydrogen-bond donors (Lipinski definition) is 2. The lowest BCUT2D eigenvalue weighted by Gasteiger charge is -2.21. The van der Waals surface area contributed by atoms with Crippen LogP contribution in [-0.4, -0.2) is 43.4 Å². The van der Waals surface area contributed by atoms with Gasteiger partial charge in [0.15, 0.2) is 5.75 Å². The second kappa shape index (κ2) is 18.0. The fraction of sp³-hybridized carbons (Fsp3) is 0.594. The largest absolute Gasteiger partial charge is 0.504 e. The normalized spacial score (nSPS) is 11.6. The quantitative estimate of drug-likeness (QED) is 0.125. The summed E-state index contributed by atoms with van der Waals surface area (Å²) in [5.41, 5.74) is 1.75. The third-order valence-electron chi connectivity index (χ3n) is 7.15. The van der Waals surface area contributed by atoms with Gasteiger partial charge in [0.1, 0.15) is 10.6 Å². The van der Waals surface area contributed by atoms with Crippen molar-refractivity contribution in [1.29, 1.82) is 0 Å². The summed E-state index contributed by atoms with van der Waals surface area (Å²) >= 11 is 0. The Morgan fingerprint density at radius 2 is 1.40 bits per heavy atom. The van der Waals surface area contributed by atoms with Gasteiger partial charge in [-0.3, -0.25) is 4.79 Å². The lowest BCUT2D eigenvalue weighted by molar-refractivity contribution is -0.115. The molecule has 0 aliphatic rings. The minimum atomic E-state index is -3.93. The molecule has 0 saturated heterocycles. The van der Waals surface area contributed by atoms with Crippen LogP contribution in [0.1, 0.15) is 109 Å². The van der Waals surface area contributed by atoms with E-state index >= 15 is 0 Å². The Hall–Kier alpha value is -2.58. The van der Waals surface area contributed by atoms with E-state index in [-0.39, 0.29) is 36.0 Å². The van der Waals surface area contributed by atoms with Crippen molar-refractivity contribution in [3.63, 3.8) is 0 Å². The maximum absolute atomic E-state index is 13.3. The van der Waals surface area contributed by atoms with Crippen LogP contribution >= 0.6 is 0 Å². The predicted octanol–water partition coefficient (Wildman–Crippen LogP) is 7.66. The summed E-state index contributed by atoms with van der Waals surface area (Å²) in [5, 5.41) is 13.4. The van der Waals surface area contributed by atoms with Crippen LogP contribution in [0.4, 0.5) is 5.69 Å². The monoisotopic (exact) mass is 574 g/mol. The lowest BCUT2D eigenvalue weighted by atomic mass is 10.0. The highest BCUT2D eigenvalue weighted by Crippen LogP contribution is 2.35. The summed E-state index contributed by atoms with van der Waals surface area (Å²) < 4.78 is 33.7. The molecule has 0 radical (unpaired) electrons. The number of nitrogens with zero attached hydrogens (tertiary/aromatic N) is 1. The van der Waals surface area contributed by atoms with Gasteiger partial charge in [-0.15, -0.1) is 0 Å². The number of ether oxygens (including phenoxy) is 1. The fourth-order valence-corrected chi connectivity index (χ4v) is 6.33. The van der Waals surface area contributed by atoms with Crippen LogP contribution in [0.25, 0.3) is 0 Å². The summed E-state index contributed by atoms with van der Waals surface area (Å²) in [6.07, 6.45) is 13.5. The number of nitrogens with one attached hydrogen (secondary N) is 1. The topological polar surface area (TPSA) is 95.9 Å². The second-order valence-electron chi connectivity index (χ2n) is 10.3. The smallest absolute Gasteiger partial charge is 0.246 e. The number of benzene rings is 2. The zero-order valence-electron chi connectivity index (χ0n) is 25.0. The zero-order chi connectivity index (χ0) is 29.4.